The molecule has 3 nitrogen and oxygen atoms in total. The predicted molar refractivity (Wildman–Crippen MR) is 70.7 cm³/mol. The second-order valence-electron chi connectivity index (χ2n) is 4.07. The molecular weight excluding hydrogens is 256 g/mol. The van der Waals surface area contributed by atoms with E-state index in [1.807, 2.05) is 0 Å². The maximum Gasteiger partial charge on any atom is 0.101 e. The molecule has 1 fully saturated rings. The zero-order chi connectivity index (χ0) is 12.3. The first-order valence-electron chi connectivity index (χ1n) is 5.50. The number of anilines is 1. The maximum atomic E-state index is 11.2. The predicted octanol–water partition coefficient (Wildman–Crippen LogP) is 2.53. The molecular formula is C12H13ClN2OS. The highest BCUT2D eigenvalue weighted by atomic mass is 35.5. The van der Waals surface area contributed by atoms with Crippen molar-refractivity contribution in [3.8, 4) is 6.07 Å². The Morgan fingerprint density at radius 1 is 1.41 bits per heavy atom. The van der Waals surface area contributed by atoms with E-state index in [9.17, 15) is 4.21 Å². The minimum absolute atomic E-state index is 0.290. The van der Waals surface area contributed by atoms with Gasteiger partial charge < -0.3 is 5.32 Å². The first kappa shape index (κ1) is 12.4. The molecule has 0 saturated carbocycles. The molecule has 0 aliphatic carbocycles. The molecule has 0 aromatic heterocycles. The van der Waals surface area contributed by atoms with E-state index in [1.165, 1.54) is 0 Å². The van der Waals surface area contributed by atoms with Gasteiger partial charge in [-0.1, -0.05) is 11.6 Å². The van der Waals surface area contributed by atoms with Crippen molar-refractivity contribution in [2.45, 2.75) is 18.9 Å². The van der Waals surface area contributed by atoms with Gasteiger partial charge in [-0.05, 0) is 31.0 Å². The zero-order valence-electron chi connectivity index (χ0n) is 9.28. The molecule has 0 spiro atoms. The van der Waals surface area contributed by atoms with Gasteiger partial charge in [0.1, 0.15) is 6.07 Å². The van der Waals surface area contributed by atoms with Crippen molar-refractivity contribution < 1.29 is 4.21 Å². The van der Waals surface area contributed by atoms with Gasteiger partial charge in [0.15, 0.2) is 0 Å². The van der Waals surface area contributed by atoms with Gasteiger partial charge in [-0.15, -0.1) is 0 Å². The van der Waals surface area contributed by atoms with Crippen LogP contribution in [-0.4, -0.2) is 21.8 Å². The van der Waals surface area contributed by atoms with Crippen molar-refractivity contribution in [2.24, 2.45) is 0 Å². The third kappa shape index (κ3) is 3.21. The van der Waals surface area contributed by atoms with E-state index in [4.69, 9.17) is 16.9 Å². The number of nitrogens with one attached hydrogen (secondary N) is 1. The van der Waals surface area contributed by atoms with Crippen LogP contribution in [0.3, 0.4) is 0 Å². The zero-order valence-corrected chi connectivity index (χ0v) is 10.9. The lowest BCUT2D eigenvalue weighted by atomic mass is 10.1. The van der Waals surface area contributed by atoms with Crippen molar-refractivity contribution in [3.05, 3.63) is 28.8 Å². The van der Waals surface area contributed by atoms with Crippen LogP contribution in [-0.2, 0) is 10.8 Å². The lowest BCUT2D eigenvalue weighted by Gasteiger charge is -2.24. The fraction of sp³-hybridized carbons (Fsp3) is 0.417. The van der Waals surface area contributed by atoms with E-state index in [0.717, 1.165) is 30.0 Å². The molecule has 0 unspecified atom stereocenters. The van der Waals surface area contributed by atoms with Gasteiger partial charge in [-0.3, -0.25) is 4.21 Å². The van der Waals surface area contributed by atoms with Crippen LogP contribution in [0, 0.1) is 11.3 Å². The first-order valence-corrected chi connectivity index (χ1v) is 7.37. The molecule has 1 heterocycles. The molecule has 17 heavy (non-hydrogen) atoms. The molecule has 1 saturated heterocycles. The highest BCUT2D eigenvalue weighted by molar-refractivity contribution is 7.85. The molecule has 0 bridgehead atoms. The number of halogens is 1. The molecule has 2 rings (SSSR count). The number of benzene rings is 1. The fourth-order valence-corrected chi connectivity index (χ4v) is 3.36. The van der Waals surface area contributed by atoms with E-state index in [2.05, 4.69) is 11.4 Å². The summed E-state index contributed by atoms with van der Waals surface area (Å²) in [5, 5.41) is 12.9. The van der Waals surface area contributed by atoms with Crippen LogP contribution < -0.4 is 5.32 Å². The molecule has 1 aromatic carbocycles. The maximum absolute atomic E-state index is 11.2. The van der Waals surface area contributed by atoms with E-state index in [-0.39, 0.29) is 0 Å². The summed E-state index contributed by atoms with van der Waals surface area (Å²) in [7, 11) is -0.661. The van der Waals surface area contributed by atoms with Crippen molar-refractivity contribution >= 4 is 28.1 Å². The third-order valence-corrected chi connectivity index (χ3v) is 4.47. The van der Waals surface area contributed by atoms with Crippen LogP contribution >= 0.6 is 11.6 Å². The number of nitrogens with zero attached hydrogens (tertiary/aromatic N) is 1. The molecule has 1 aliphatic rings. The van der Waals surface area contributed by atoms with Gasteiger partial charge in [0.25, 0.3) is 0 Å². The number of nitriles is 1. The second-order valence-corrected chi connectivity index (χ2v) is 6.20. The summed E-state index contributed by atoms with van der Waals surface area (Å²) < 4.78 is 11.2. The van der Waals surface area contributed by atoms with Crippen LogP contribution in [0.1, 0.15) is 18.4 Å². The first-order chi connectivity index (χ1) is 8.19. The van der Waals surface area contributed by atoms with E-state index in [0.29, 0.717) is 16.6 Å². The van der Waals surface area contributed by atoms with E-state index < -0.39 is 10.8 Å². The normalized spacial score (nSPS) is 24.0. The molecule has 0 amide bonds. The fourth-order valence-electron chi connectivity index (χ4n) is 1.89. The Labute approximate surface area is 108 Å². The topological polar surface area (TPSA) is 52.9 Å². The quantitative estimate of drug-likeness (QED) is 0.897. The Kier molecular flexibility index (Phi) is 4.03. The number of hydrogen-bond donors (Lipinski definition) is 1. The average molecular weight is 269 g/mol. The van der Waals surface area contributed by atoms with Gasteiger partial charge in [-0.25, -0.2) is 0 Å². The Hall–Kier alpha value is -1.05. The summed E-state index contributed by atoms with van der Waals surface area (Å²) in [6.07, 6.45) is 1.76. The molecule has 1 aliphatic heterocycles. The van der Waals surface area contributed by atoms with Crippen molar-refractivity contribution in [2.75, 3.05) is 16.8 Å². The molecule has 1 aromatic rings. The van der Waals surface area contributed by atoms with Crippen LogP contribution in [0.4, 0.5) is 5.69 Å². The van der Waals surface area contributed by atoms with Crippen LogP contribution in [0.15, 0.2) is 18.2 Å². The largest absolute Gasteiger partial charge is 0.381 e. The lowest BCUT2D eigenvalue weighted by molar-refractivity contribution is 0.624. The summed E-state index contributed by atoms with van der Waals surface area (Å²) in [6.45, 7) is 0. The minimum atomic E-state index is -0.661. The smallest absolute Gasteiger partial charge is 0.101 e. The summed E-state index contributed by atoms with van der Waals surface area (Å²) >= 11 is 5.92. The molecule has 0 radical (unpaired) electrons. The highest BCUT2D eigenvalue weighted by Crippen LogP contribution is 2.23. The summed E-state index contributed by atoms with van der Waals surface area (Å²) in [5.41, 5.74) is 1.37. The monoisotopic (exact) mass is 268 g/mol. The van der Waals surface area contributed by atoms with Gasteiger partial charge in [0, 0.05) is 33.4 Å². The molecule has 1 N–H and O–H groups in total. The Balaban J connectivity index is 2.10. The van der Waals surface area contributed by atoms with E-state index in [1.54, 1.807) is 18.2 Å². The molecule has 90 valence electrons. The summed E-state index contributed by atoms with van der Waals surface area (Å²) in [4.78, 5) is 0. The third-order valence-electron chi connectivity index (χ3n) is 2.85. The van der Waals surface area contributed by atoms with Crippen molar-refractivity contribution in [1.29, 1.82) is 5.26 Å². The number of rotatable bonds is 2. The SMILES string of the molecule is N#Cc1ccc(Cl)cc1NC1CCS(=O)CC1. The van der Waals surface area contributed by atoms with Gasteiger partial charge in [0.2, 0.25) is 0 Å². The Morgan fingerprint density at radius 2 is 2.12 bits per heavy atom. The Bertz CT molecular complexity index is 474. The number of hydrogen-bond acceptors (Lipinski definition) is 3. The summed E-state index contributed by atoms with van der Waals surface area (Å²) in [5.74, 6) is 1.47. The van der Waals surface area contributed by atoms with Crippen LogP contribution in [0.5, 0.6) is 0 Å². The minimum Gasteiger partial charge on any atom is -0.381 e. The average Bonchev–Trinajstić information content (AvgIpc) is 2.32. The van der Waals surface area contributed by atoms with Crippen LogP contribution in [0.25, 0.3) is 0 Å². The van der Waals surface area contributed by atoms with Gasteiger partial charge in [-0.2, -0.15) is 5.26 Å². The molecule has 0 atom stereocenters. The van der Waals surface area contributed by atoms with Gasteiger partial charge >= 0.3 is 0 Å². The highest BCUT2D eigenvalue weighted by Gasteiger charge is 2.18. The van der Waals surface area contributed by atoms with Crippen molar-refractivity contribution in [1.82, 2.24) is 0 Å². The van der Waals surface area contributed by atoms with Crippen LogP contribution in [0.2, 0.25) is 5.02 Å². The second kappa shape index (κ2) is 5.52. The standard InChI is InChI=1S/C12H13ClN2OS/c13-10-2-1-9(8-14)12(7-10)15-11-3-5-17(16)6-4-11/h1-2,7,11,15H,3-6H2. The lowest BCUT2D eigenvalue weighted by Crippen LogP contribution is -2.29. The van der Waals surface area contributed by atoms with E-state index >= 15 is 0 Å². The Morgan fingerprint density at radius 3 is 2.76 bits per heavy atom. The summed E-state index contributed by atoms with van der Waals surface area (Å²) in [6, 6.07) is 7.62. The molecule has 5 heteroatoms. The van der Waals surface area contributed by atoms with Gasteiger partial charge in [0.05, 0.1) is 11.3 Å². The van der Waals surface area contributed by atoms with Crippen molar-refractivity contribution in [3.63, 3.8) is 0 Å².